The van der Waals surface area contributed by atoms with Crippen molar-refractivity contribution in [3.63, 3.8) is 0 Å². The van der Waals surface area contributed by atoms with Gasteiger partial charge < -0.3 is 10.8 Å². The minimum Gasteiger partial charge on any atom is -0.386 e. The van der Waals surface area contributed by atoms with Crippen LogP contribution in [-0.4, -0.2) is 5.11 Å². The van der Waals surface area contributed by atoms with E-state index in [2.05, 4.69) is 0 Å². The molecule has 18 heavy (non-hydrogen) atoms. The van der Waals surface area contributed by atoms with E-state index in [-0.39, 0.29) is 0 Å². The second-order valence-corrected chi connectivity index (χ2v) is 4.95. The van der Waals surface area contributed by atoms with E-state index in [0.29, 0.717) is 15.6 Å². The number of nitrogens with two attached hydrogens (primary N) is 1. The summed E-state index contributed by atoms with van der Waals surface area (Å²) in [5, 5.41) is 11.4. The lowest BCUT2D eigenvalue weighted by Gasteiger charge is -2.19. The van der Waals surface area contributed by atoms with E-state index in [1.165, 1.54) is 0 Å². The van der Waals surface area contributed by atoms with Gasteiger partial charge in [-0.25, -0.2) is 0 Å². The van der Waals surface area contributed by atoms with Crippen molar-refractivity contribution >= 4 is 23.2 Å². The van der Waals surface area contributed by atoms with Gasteiger partial charge >= 0.3 is 0 Å². The molecule has 2 rings (SSSR count). The van der Waals surface area contributed by atoms with E-state index in [1.807, 2.05) is 0 Å². The van der Waals surface area contributed by atoms with E-state index in [4.69, 9.17) is 28.9 Å². The third kappa shape index (κ3) is 3.03. The highest BCUT2D eigenvalue weighted by Gasteiger charge is 2.18. The molecule has 0 radical (unpaired) electrons. The molecule has 0 saturated heterocycles. The Hall–Kier alpha value is -1.06. The minimum atomic E-state index is -0.801. The van der Waals surface area contributed by atoms with Crippen LogP contribution in [0.25, 0.3) is 0 Å². The lowest BCUT2D eigenvalue weighted by molar-refractivity contribution is 0.147. The molecule has 0 fully saturated rings. The molecule has 3 N–H and O–H groups in total. The van der Waals surface area contributed by atoms with Crippen LogP contribution in [0.15, 0.2) is 48.5 Å². The van der Waals surface area contributed by atoms with Crippen molar-refractivity contribution < 1.29 is 5.11 Å². The minimum absolute atomic E-state index is 0.513. The molecule has 2 aromatic carbocycles. The number of rotatable bonds is 3. The average Bonchev–Trinajstić information content (AvgIpc) is 2.38. The maximum absolute atomic E-state index is 10.2. The van der Waals surface area contributed by atoms with Gasteiger partial charge in [0.25, 0.3) is 0 Å². The maximum Gasteiger partial charge on any atom is 0.0983 e. The van der Waals surface area contributed by atoms with Crippen LogP contribution in [0.1, 0.15) is 23.3 Å². The van der Waals surface area contributed by atoms with E-state index in [0.717, 1.165) is 5.56 Å². The monoisotopic (exact) mass is 281 g/mol. The Kier molecular flexibility index (Phi) is 4.25. The van der Waals surface area contributed by atoms with Gasteiger partial charge in [0.15, 0.2) is 0 Å². The fraction of sp³-hybridized carbons (Fsp3) is 0.143. The van der Waals surface area contributed by atoms with Gasteiger partial charge in [-0.1, -0.05) is 47.5 Å². The molecule has 0 bridgehead atoms. The summed E-state index contributed by atoms with van der Waals surface area (Å²) >= 11 is 11.7. The van der Waals surface area contributed by atoms with Crippen LogP contribution in [0.5, 0.6) is 0 Å². The molecule has 0 unspecified atom stereocenters. The van der Waals surface area contributed by atoms with Crippen LogP contribution in [0.4, 0.5) is 0 Å². The lowest BCUT2D eigenvalue weighted by atomic mass is 9.97. The van der Waals surface area contributed by atoms with Gasteiger partial charge in [-0.05, 0) is 35.4 Å². The summed E-state index contributed by atoms with van der Waals surface area (Å²) in [6, 6.07) is 13.7. The summed E-state index contributed by atoms with van der Waals surface area (Å²) in [4.78, 5) is 0. The van der Waals surface area contributed by atoms with Crippen LogP contribution in [0, 0.1) is 0 Å². The molecular weight excluding hydrogens is 269 g/mol. The largest absolute Gasteiger partial charge is 0.386 e. The Bertz CT molecular complexity index is 528. The number of hydrogen-bond acceptors (Lipinski definition) is 2. The molecule has 0 heterocycles. The van der Waals surface area contributed by atoms with Crippen LogP contribution in [0.2, 0.25) is 10.0 Å². The molecule has 0 amide bonds. The third-order valence-electron chi connectivity index (χ3n) is 2.79. The highest BCUT2D eigenvalue weighted by atomic mass is 35.5. The summed E-state index contributed by atoms with van der Waals surface area (Å²) in [6.07, 6.45) is -0.801. The Morgan fingerprint density at radius 2 is 1.56 bits per heavy atom. The fourth-order valence-electron chi connectivity index (χ4n) is 1.77. The molecular formula is C14H13Cl2NO. The van der Waals surface area contributed by atoms with E-state index >= 15 is 0 Å². The van der Waals surface area contributed by atoms with Gasteiger partial charge in [0.2, 0.25) is 0 Å². The first kappa shape index (κ1) is 13.4. The zero-order valence-corrected chi connectivity index (χ0v) is 11.1. The zero-order valence-electron chi connectivity index (χ0n) is 9.55. The molecule has 0 saturated carbocycles. The summed E-state index contributed by atoms with van der Waals surface area (Å²) < 4.78 is 0. The molecule has 94 valence electrons. The van der Waals surface area contributed by atoms with Crippen molar-refractivity contribution in [3.8, 4) is 0 Å². The van der Waals surface area contributed by atoms with Crippen molar-refractivity contribution in [2.45, 2.75) is 12.1 Å². The van der Waals surface area contributed by atoms with Crippen molar-refractivity contribution in [3.05, 3.63) is 69.7 Å². The first-order chi connectivity index (χ1) is 8.58. The number of aliphatic hydroxyl groups is 1. The molecule has 0 aromatic heterocycles. The van der Waals surface area contributed by atoms with Crippen LogP contribution in [-0.2, 0) is 0 Å². The Morgan fingerprint density at radius 3 is 2.17 bits per heavy atom. The highest BCUT2D eigenvalue weighted by molar-refractivity contribution is 6.30. The fourth-order valence-corrected chi connectivity index (χ4v) is 2.09. The summed E-state index contributed by atoms with van der Waals surface area (Å²) in [7, 11) is 0. The summed E-state index contributed by atoms with van der Waals surface area (Å²) in [5.74, 6) is 0. The predicted octanol–water partition coefficient (Wildman–Crippen LogP) is 3.73. The highest BCUT2D eigenvalue weighted by Crippen LogP contribution is 2.28. The van der Waals surface area contributed by atoms with Crippen LogP contribution >= 0.6 is 23.2 Å². The van der Waals surface area contributed by atoms with Gasteiger partial charge in [0.1, 0.15) is 0 Å². The third-order valence-corrected chi connectivity index (χ3v) is 3.27. The normalized spacial score (nSPS) is 14.2. The Balaban J connectivity index is 2.23. The van der Waals surface area contributed by atoms with E-state index in [9.17, 15) is 5.11 Å². The van der Waals surface area contributed by atoms with Gasteiger partial charge in [0.05, 0.1) is 12.1 Å². The number of hydrogen-bond donors (Lipinski definition) is 2. The molecule has 0 aliphatic carbocycles. The van der Waals surface area contributed by atoms with Crippen LogP contribution in [0.3, 0.4) is 0 Å². The second-order valence-electron chi connectivity index (χ2n) is 4.08. The molecule has 2 nitrogen and oxygen atoms in total. The predicted molar refractivity (Wildman–Crippen MR) is 74.8 cm³/mol. The molecule has 0 spiro atoms. The van der Waals surface area contributed by atoms with Crippen molar-refractivity contribution in [2.24, 2.45) is 5.73 Å². The first-order valence-corrected chi connectivity index (χ1v) is 6.28. The van der Waals surface area contributed by atoms with Crippen LogP contribution < -0.4 is 5.73 Å². The maximum atomic E-state index is 10.2. The second kappa shape index (κ2) is 5.72. The van der Waals surface area contributed by atoms with E-state index < -0.39 is 12.1 Å². The zero-order chi connectivity index (χ0) is 13.1. The standard InChI is InChI=1S/C14H13Cl2NO/c15-11-6-4-9(5-7-11)13(17)14(18)10-2-1-3-12(16)8-10/h1-8,13-14,18H,17H2/t13-,14+/m0/s1. The topological polar surface area (TPSA) is 46.2 Å². The molecule has 4 heteroatoms. The van der Waals surface area contributed by atoms with E-state index in [1.54, 1.807) is 48.5 Å². The summed E-state index contributed by atoms with van der Waals surface area (Å²) in [5.41, 5.74) is 7.56. The van der Waals surface area contributed by atoms with Gasteiger partial charge in [-0.15, -0.1) is 0 Å². The van der Waals surface area contributed by atoms with Crippen molar-refractivity contribution in [1.29, 1.82) is 0 Å². The number of benzene rings is 2. The van der Waals surface area contributed by atoms with Gasteiger partial charge in [-0.2, -0.15) is 0 Å². The van der Waals surface area contributed by atoms with Crippen molar-refractivity contribution in [2.75, 3.05) is 0 Å². The first-order valence-electron chi connectivity index (χ1n) is 5.52. The van der Waals surface area contributed by atoms with Crippen molar-refractivity contribution in [1.82, 2.24) is 0 Å². The molecule has 0 aliphatic heterocycles. The smallest absolute Gasteiger partial charge is 0.0983 e. The molecule has 0 aliphatic rings. The lowest BCUT2D eigenvalue weighted by Crippen LogP contribution is -2.19. The molecule has 2 aromatic rings. The SMILES string of the molecule is N[C@@H](c1ccc(Cl)cc1)[C@H](O)c1cccc(Cl)c1. The quantitative estimate of drug-likeness (QED) is 0.901. The Morgan fingerprint density at radius 1 is 0.889 bits per heavy atom. The average molecular weight is 282 g/mol. The number of halogens is 2. The van der Waals surface area contributed by atoms with Gasteiger partial charge in [-0.3, -0.25) is 0 Å². The Labute approximate surface area is 116 Å². The van der Waals surface area contributed by atoms with Gasteiger partial charge in [0, 0.05) is 10.0 Å². The number of aliphatic hydroxyl groups excluding tert-OH is 1. The molecule has 2 atom stereocenters. The summed E-state index contributed by atoms with van der Waals surface area (Å²) in [6.45, 7) is 0.